The molecular weight excluding hydrogens is 266 g/mol. The van der Waals surface area contributed by atoms with E-state index in [2.05, 4.69) is 26.1 Å². The van der Waals surface area contributed by atoms with Crippen molar-refractivity contribution in [2.45, 2.75) is 39.5 Å². The Kier molecular flexibility index (Phi) is 4.91. The highest BCUT2D eigenvalue weighted by molar-refractivity contribution is 5.31. The molecule has 1 heterocycles. The average Bonchev–Trinajstić information content (AvgIpc) is 2.91. The van der Waals surface area contributed by atoms with Gasteiger partial charge in [0.15, 0.2) is 0 Å². The third-order valence-corrected chi connectivity index (χ3v) is 2.95. The monoisotopic (exact) mass is 289 g/mol. The molecule has 1 aromatic heterocycles. The van der Waals surface area contributed by atoms with Crippen molar-refractivity contribution in [1.82, 2.24) is 5.32 Å². The van der Waals surface area contributed by atoms with Crippen LogP contribution in [0.1, 0.15) is 32.3 Å². The fraction of sp³-hybridized carbons (Fsp3) is 0.412. The zero-order valence-electron chi connectivity index (χ0n) is 13.1. The van der Waals surface area contributed by atoms with Crippen molar-refractivity contribution in [3.05, 3.63) is 47.9 Å². The zero-order chi connectivity index (χ0) is 15.3. The van der Waals surface area contributed by atoms with Gasteiger partial charge in [-0.1, -0.05) is 0 Å². The number of hydrogen-bond acceptors (Lipinski definition) is 4. The standard InChI is InChI=1S/C17H23NO3/c1-17(2,3)18-11-15-9-10-16(21-15)12-20-14-7-5-13(19-4)6-8-14/h5-10,18H,11-12H2,1-4H3. The molecular formula is C17H23NO3. The van der Waals surface area contributed by atoms with Crippen molar-refractivity contribution in [3.8, 4) is 11.5 Å². The molecule has 0 saturated carbocycles. The molecule has 2 aromatic rings. The average molecular weight is 289 g/mol. The van der Waals surface area contributed by atoms with E-state index in [4.69, 9.17) is 13.9 Å². The van der Waals surface area contributed by atoms with E-state index in [0.717, 1.165) is 23.0 Å². The van der Waals surface area contributed by atoms with Gasteiger partial charge in [-0.3, -0.25) is 0 Å². The molecule has 0 aliphatic rings. The Balaban J connectivity index is 1.84. The predicted molar refractivity (Wildman–Crippen MR) is 82.6 cm³/mol. The van der Waals surface area contributed by atoms with Crippen molar-refractivity contribution in [2.75, 3.05) is 7.11 Å². The summed E-state index contributed by atoms with van der Waals surface area (Å²) in [6, 6.07) is 11.4. The lowest BCUT2D eigenvalue weighted by atomic mass is 10.1. The molecule has 0 aliphatic heterocycles. The molecule has 0 atom stereocenters. The summed E-state index contributed by atoms with van der Waals surface area (Å²) >= 11 is 0. The Labute approximate surface area is 126 Å². The first-order chi connectivity index (χ1) is 9.96. The number of rotatable bonds is 6. The first-order valence-corrected chi connectivity index (χ1v) is 7.06. The molecule has 114 valence electrons. The zero-order valence-corrected chi connectivity index (χ0v) is 13.1. The van der Waals surface area contributed by atoms with Crippen LogP contribution < -0.4 is 14.8 Å². The van der Waals surface area contributed by atoms with Gasteiger partial charge in [0.05, 0.1) is 13.7 Å². The van der Waals surface area contributed by atoms with E-state index in [0.29, 0.717) is 13.2 Å². The van der Waals surface area contributed by atoms with Crippen LogP contribution in [0.3, 0.4) is 0 Å². The fourth-order valence-electron chi connectivity index (χ4n) is 1.77. The Morgan fingerprint density at radius 1 is 0.952 bits per heavy atom. The maximum absolute atomic E-state index is 5.73. The smallest absolute Gasteiger partial charge is 0.146 e. The van der Waals surface area contributed by atoms with E-state index in [-0.39, 0.29) is 5.54 Å². The molecule has 0 unspecified atom stereocenters. The molecule has 4 nitrogen and oxygen atoms in total. The van der Waals surface area contributed by atoms with Gasteiger partial charge in [-0.05, 0) is 57.2 Å². The number of ether oxygens (including phenoxy) is 2. The Bertz CT molecular complexity index is 552. The lowest BCUT2D eigenvalue weighted by Crippen LogP contribution is -2.34. The molecule has 0 fully saturated rings. The van der Waals surface area contributed by atoms with E-state index in [1.807, 2.05) is 36.4 Å². The molecule has 0 bridgehead atoms. The van der Waals surface area contributed by atoms with Crippen LogP contribution in [0.15, 0.2) is 40.8 Å². The quantitative estimate of drug-likeness (QED) is 0.879. The maximum atomic E-state index is 5.73. The molecule has 0 aliphatic carbocycles. The summed E-state index contributed by atoms with van der Waals surface area (Å²) in [6.07, 6.45) is 0. The van der Waals surface area contributed by atoms with Crippen LogP contribution in [0.4, 0.5) is 0 Å². The maximum Gasteiger partial charge on any atom is 0.146 e. The minimum Gasteiger partial charge on any atom is -0.497 e. The first kappa shape index (κ1) is 15.4. The summed E-state index contributed by atoms with van der Waals surface area (Å²) in [5, 5.41) is 3.39. The lowest BCUT2D eigenvalue weighted by molar-refractivity contribution is 0.262. The highest BCUT2D eigenvalue weighted by Crippen LogP contribution is 2.19. The summed E-state index contributed by atoms with van der Waals surface area (Å²) in [5.41, 5.74) is 0.0759. The Morgan fingerprint density at radius 3 is 2.19 bits per heavy atom. The van der Waals surface area contributed by atoms with Gasteiger partial charge in [-0.25, -0.2) is 0 Å². The van der Waals surface area contributed by atoms with Crippen LogP contribution in [-0.2, 0) is 13.2 Å². The van der Waals surface area contributed by atoms with E-state index in [9.17, 15) is 0 Å². The van der Waals surface area contributed by atoms with Crippen molar-refractivity contribution in [1.29, 1.82) is 0 Å². The van der Waals surface area contributed by atoms with Gasteiger partial charge >= 0.3 is 0 Å². The second kappa shape index (κ2) is 6.68. The molecule has 0 spiro atoms. The summed E-state index contributed by atoms with van der Waals surface area (Å²) < 4.78 is 16.5. The minimum atomic E-state index is 0.0759. The van der Waals surface area contributed by atoms with Gasteiger partial charge in [0, 0.05) is 5.54 Å². The SMILES string of the molecule is COc1ccc(OCc2ccc(CNC(C)(C)C)o2)cc1. The van der Waals surface area contributed by atoms with E-state index in [1.165, 1.54) is 0 Å². The van der Waals surface area contributed by atoms with Gasteiger partial charge in [-0.2, -0.15) is 0 Å². The highest BCUT2D eigenvalue weighted by Gasteiger charge is 2.10. The van der Waals surface area contributed by atoms with Crippen LogP contribution in [0.25, 0.3) is 0 Å². The number of furan rings is 1. The van der Waals surface area contributed by atoms with Gasteiger partial charge in [-0.15, -0.1) is 0 Å². The molecule has 1 aromatic carbocycles. The van der Waals surface area contributed by atoms with Gasteiger partial charge in [0.2, 0.25) is 0 Å². The third kappa shape index (κ3) is 5.16. The second-order valence-electron chi connectivity index (χ2n) is 5.94. The van der Waals surface area contributed by atoms with Crippen LogP contribution in [0, 0.1) is 0 Å². The largest absolute Gasteiger partial charge is 0.497 e. The number of methoxy groups -OCH3 is 1. The van der Waals surface area contributed by atoms with Crippen LogP contribution in [-0.4, -0.2) is 12.6 Å². The van der Waals surface area contributed by atoms with Crippen LogP contribution in [0.2, 0.25) is 0 Å². The van der Waals surface area contributed by atoms with Gasteiger partial charge in [0.1, 0.15) is 29.6 Å². The molecule has 0 saturated heterocycles. The molecule has 2 rings (SSSR count). The van der Waals surface area contributed by atoms with Crippen LogP contribution in [0.5, 0.6) is 11.5 Å². The predicted octanol–water partition coefficient (Wildman–Crippen LogP) is 3.76. The topological polar surface area (TPSA) is 43.6 Å². The van der Waals surface area contributed by atoms with E-state index < -0.39 is 0 Å². The Hall–Kier alpha value is -1.94. The normalized spacial score (nSPS) is 11.4. The van der Waals surface area contributed by atoms with Gasteiger partial charge in [0.25, 0.3) is 0 Å². The Morgan fingerprint density at radius 2 is 1.57 bits per heavy atom. The molecule has 0 amide bonds. The van der Waals surface area contributed by atoms with Crippen molar-refractivity contribution in [3.63, 3.8) is 0 Å². The van der Waals surface area contributed by atoms with E-state index in [1.54, 1.807) is 7.11 Å². The van der Waals surface area contributed by atoms with Crippen molar-refractivity contribution < 1.29 is 13.9 Å². The van der Waals surface area contributed by atoms with Gasteiger partial charge < -0.3 is 19.2 Å². The van der Waals surface area contributed by atoms with Crippen molar-refractivity contribution in [2.24, 2.45) is 0 Å². The van der Waals surface area contributed by atoms with Crippen molar-refractivity contribution >= 4 is 0 Å². The summed E-state index contributed by atoms with van der Waals surface area (Å²) in [7, 11) is 1.64. The molecule has 21 heavy (non-hydrogen) atoms. The highest BCUT2D eigenvalue weighted by atomic mass is 16.5. The lowest BCUT2D eigenvalue weighted by Gasteiger charge is -2.19. The first-order valence-electron chi connectivity index (χ1n) is 7.06. The van der Waals surface area contributed by atoms with Crippen LogP contribution >= 0.6 is 0 Å². The second-order valence-corrected chi connectivity index (χ2v) is 5.94. The summed E-state index contributed by atoms with van der Waals surface area (Å²) in [4.78, 5) is 0. The minimum absolute atomic E-state index is 0.0759. The number of hydrogen-bond donors (Lipinski definition) is 1. The summed E-state index contributed by atoms with van der Waals surface area (Å²) in [6.45, 7) is 7.52. The summed E-state index contributed by atoms with van der Waals surface area (Å²) in [5.74, 6) is 3.34. The number of nitrogens with one attached hydrogen (secondary N) is 1. The fourth-order valence-corrected chi connectivity index (χ4v) is 1.77. The molecule has 0 radical (unpaired) electrons. The molecule has 1 N–H and O–H groups in total. The van der Waals surface area contributed by atoms with E-state index >= 15 is 0 Å². The third-order valence-electron chi connectivity index (χ3n) is 2.95. The number of benzene rings is 1. The molecule has 4 heteroatoms.